The van der Waals surface area contributed by atoms with E-state index in [-0.39, 0.29) is 31.3 Å². The molecule has 5 nitrogen and oxygen atoms in total. The van der Waals surface area contributed by atoms with Crippen molar-refractivity contribution < 1.29 is 18.4 Å². The van der Waals surface area contributed by atoms with Gasteiger partial charge in [-0.15, -0.1) is 12.4 Å². The zero-order valence-corrected chi connectivity index (χ0v) is 15.4. The van der Waals surface area contributed by atoms with Crippen LogP contribution in [0, 0.1) is 6.92 Å². The molecule has 1 saturated heterocycles. The fourth-order valence-corrected chi connectivity index (χ4v) is 2.78. The van der Waals surface area contributed by atoms with Gasteiger partial charge in [0.05, 0.1) is 12.6 Å². The monoisotopic (exact) mass is 425 g/mol. The van der Waals surface area contributed by atoms with Gasteiger partial charge in [-0.25, -0.2) is 8.78 Å². The standard InChI is InChI=1S/C15H18BrF2N3O2.ClH/c1-9-6-10(16)2-3-11(9)21-13(22)4-5-19-14(23)12-7-15(17,18)8-20-12;/h2-3,6,12,20H,4-5,7-8H2,1H3,(H,19,23)(H,21,22);1H. The molecule has 2 rings (SSSR count). The number of amides is 2. The van der Waals surface area contributed by atoms with Crippen LogP contribution in [-0.4, -0.2) is 36.9 Å². The van der Waals surface area contributed by atoms with E-state index >= 15 is 0 Å². The smallest absolute Gasteiger partial charge is 0.262 e. The number of carbonyl (C=O) groups excluding carboxylic acids is 2. The van der Waals surface area contributed by atoms with Gasteiger partial charge in [0.1, 0.15) is 0 Å². The largest absolute Gasteiger partial charge is 0.354 e. The van der Waals surface area contributed by atoms with Crippen molar-refractivity contribution in [1.82, 2.24) is 10.6 Å². The number of nitrogens with one attached hydrogen (secondary N) is 3. The number of carbonyl (C=O) groups is 2. The Morgan fingerprint density at radius 1 is 1.42 bits per heavy atom. The van der Waals surface area contributed by atoms with E-state index in [4.69, 9.17) is 0 Å². The predicted octanol–water partition coefficient (Wildman–Crippen LogP) is 2.62. The van der Waals surface area contributed by atoms with Crippen LogP contribution in [0.15, 0.2) is 22.7 Å². The number of anilines is 1. The number of halogens is 4. The van der Waals surface area contributed by atoms with Crippen LogP contribution in [0.5, 0.6) is 0 Å². The lowest BCUT2D eigenvalue weighted by Gasteiger charge is -2.12. The first-order valence-electron chi connectivity index (χ1n) is 7.22. The molecule has 1 atom stereocenters. The van der Waals surface area contributed by atoms with Crippen molar-refractivity contribution in [3.05, 3.63) is 28.2 Å². The Labute approximate surface area is 153 Å². The Morgan fingerprint density at radius 2 is 2.12 bits per heavy atom. The molecule has 1 fully saturated rings. The Bertz CT molecular complexity index is 616. The predicted molar refractivity (Wildman–Crippen MR) is 93.7 cm³/mol. The highest BCUT2D eigenvalue weighted by Gasteiger charge is 2.42. The summed E-state index contributed by atoms with van der Waals surface area (Å²) in [5, 5.41) is 7.72. The quantitative estimate of drug-likeness (QED) is 0.678. The maximum atomic E-state index is 13.0. The Morgan fingerprint density at radius 3 is 2.71 bits per heavy atom. The second-order valence-corrected chi connectivity index (χ2v) is 6.46. The van der Waals surface area contributed by atoms with Crippen LogP contribution in [0.3, 0.4) is 0 Å². The van der Waals surface area contributed by atoms with Gasteiger partial charge in [-0.2, -0.15) is 0 Å². The van der Waals surface area contributed by atoms with Crippen molar-refractivity contribution in [2.75, 3.05) is 18.4 Å². The van der Waals surface area contributed by atoms with Crippen LogP contribution >= 0.6 is 28.3 Å². The lowest BCUT2D eigenvalue weighted by atomic mass is 10.2. The first-order chi connectivity index (χ1) is 10.8. The molecule has 1 aromatic carbocycles. The molecular formula is C15H19BrClF2N3O2. The van der Waals surface area contributed by atoms with Gasteiger partial charge >= 0.3 is 0 Å². The molecule has 1 aromatic rings. The van der Waals surface area contributed by atoms with Crippen LogP contribution in [0.2, 0.25) is 0 Å². The minimum atomic E-state index is -2.85. The third-order valence-corrected chi connectivity index (χ3v) is 4.03. The highest BCUT2D eigenvalue weighted by molar-refractivity contribution is 9.10. The Balaban J connectivity index is 0.00000288. The SMILES string of the molecule is Cc1cc(Br)ccc1NC(=O)CCNC(=O)C1CC(F)(F)CN1.Cl. The molecule has 2 amide bonds. The summed E-state index contributed by atoms with van der Waals surface area (Å²) in [4.78, 5) is 23.6. The summed E-state index contributed by atoms with van der Waals surface area (Å²) in [7, 11) is 0. The van der Waals surface area contributed by atoms with E-state index in [2.05, 4.69) is 31.9 Å². The second-order valence-electron chi connectivity index (χ2n) is 5.54. The summed E-state index contributed by atoms with van der Waals surface area (Å²) in [6.45, 7) is 1.48. The van der Waals surface area contributed by atoms with Crippen LogP contribution < -0.4 is 16.0 Å². The maximum absolute atomic E-state index is 13.0. The summed E-state index contributed by atoms with van der Waals surface area (Å²) in [6.07, 6.45) is -0.437. The van der Waals surface area contributed by atoms with Crippen molar-refractivity contribution in [2.24, 2.45) is 0 Å². The molecule has 1 aliphatic heterocycles. The third-order valence-electron chi connectivity index (χ3n) is 3.54. The molecule has 1 aliphatic rings. The fourth-order valence-electron chi connectivity index (χ4n) is 2.30. The van der Waals surface area contributed by atoms with Gasteiger partial charge in [0, 0.05) is 29.5 Å². The van der Waals surface area contributed by atoms with Gasteiger partial charge in [-0.3, -0.25) is 14.9 Å². The number of aryl methyl sites for hydroxylation is 1. The molecule has 3 N–H and O–H groups in total. The Hall–Kier alpha value is -1.25. The summed E-state index contributed by atoms with van der Waals surface area (Å²) in [6, 6.07) is 4.57. The van der Waals surface area contributed by atoms with E-state index in [9.17, 15) is 18.4 Å². The highest BCUT2D eigenvalue weighted by Crippen LogP contribution is 2.25. The number of hydrogen-bond acceptors (Lipinski definition) is 3. The van der Waals surface area contributed by atoms with Gasteiger partial charge in [-0.05, 0) is 30.7 Å². The molecule has 0 saturated carbocycles. The number of hydrogen-bond donors (Lipinski definition) is 3. The molecule has 0 radical (unpaired) electrons. The van der Waals surface area contributed by atoms with Crippen molar-refractivity contribution >= 4 is 45.8 Å². The second kappa shape index (κ2) is 8.73. The molecule has 24 heavy (non-hydrogen) atoms. The van der Waals surface area contributed by atoms with Crippen LogP contribution in [0.4, 0.5) is 14.5 Å². The maximum Gasteiger partial charge on any atom is 0.262 e. The summed E-state index contributed by atoms with van der Waals surface area (Å²) in [5.41, 5.74) is 1.61. The first kappa shape index (κ1) is 20.8. The average Bonchev–Trinajstić information content (AvgIpc) is 2.82. The lowest BCUT2D eigenvalue weighted by molar-refractivity contribution is -0.123. The van der Waals surface area contributed by atoms with Crippen molar-refractivity contribution in [3.63, 3.8) is 0 Å². The minimum Gasteiger partial charge on any atom is -0.354 e. The molecule has 0 bridgehead atoms. The van der Waals surface area contributed by atoms with Crippen molar-refractivity contribution in [1.29, 1.82) is 0 Å². The van der Waals surface area contributed by atoms with Crippen molar-refractivity contribution in [2.45, 2.75) is 31.7 Å². The Kier molecular flexibility index (Phi) is 7.56. The normalized spacial score (nSPS) is 18.6. The molecular weight excluding hydrogens is 408 g/mol. The van der Waals surface area contributed by atoms with Crippen LogP contribution in [-0.2, 0) is 9.59 Å². The molecule has 0 aromatic heterocycles. The number of rotatable bonds is 5. The van der Waals surface area contributed by atoms with Crippen LogP contribution in [0.1, 0.15) is 18.4 Å². The van der Waals surface area contributed by atoms with E-state index in [1.807, 2.05) is 19.1 Å². The topological polar surface area (TPSA) is 70.2 Å². The molecule has 9 heteroatoms. The molecule has 0 aliphatic carbocycles. The average molecular weight is 427 g/mol. The van der Waals surface area contributed by atoms with Crippen molar-refractivity contribution in [3.8, 4) is 0 Å². The zero-order valence-electron chi connectivity index (χ0n) is 13.0. The van der Waals surface area contributed by atoms with E-state index in [1.54, 1.807) is 6.07 Å². The molecule has 0 spiro atoms. The van der Waals surface area contributed by atoms with E-state index < -0.39 is 30.8 Å². The summed E-state index contributed by atoms with van der Waals surface area (Å²) in [5.74, 6) is -3.60. The third kappa shape index (κ3) is 5.99. The van der Waals surface area contributed by atoms with Gasteiger partial charge in [0.25, 0.3) is 5.92 Å². The lowest BCUT2D eigenvalue weighted by Crippen LogP contribution is -2.41. The zero-order chi connectivity index (χ0) is 17.0. The van der Waals surface area contributed by atoms with Gasteiger partial charge in [0.15, 0.2) is 0 Å². The van der Waals surface area contributed by atoms with E-state index in [0.717, 1.165) is 10.0 Å². The van der Waals surface area contributed by atoms with Gasteiger partial charge in [-0.1, -0.05) is 15.9 Å². The molecule has 1 heterocycles. The number of alkyl halides is 2. The highest BCUT2D eigenvalue weighted by atomic mass is 79.9. The van der Waals surface area contributed by atoms with Crippen LogP contribution in [0.25, 0.3) is 0 Å². The first-order valence-corrected chi connectivity index (χ1v) is 8.01. The molecule has 134 valence electrons. The number of benzene rings is 1. The van der Waals surface area contributed by atoms with Gasteiger partial charge < -0.3 is 10.6 Å². The van der Waals surface area contributed by atoms with E-state index in [1.165, 1.54) is 0 Å². The molecule has 1 unspecified atom stereocenters. The summed E-state index contributed by atoms with van der Waals surface area (Å²) >= 11 is 3.34. The minimum absolute atomic E-state index is 0. The van der Waals surface area contributed by atoms with Gasteiger partial charge in [0.2, 0.25) is 11.8 Å². The van der Waals surface area contributed by atoms with E-state index in [0.29, 0.717) is 5.69 Å². The summed E-state index contributed by atoms with van der Waals surface area (Å²) < 4.78 is 26.9. The fraction of sp³-hybridized carbons (Fsp3) is 0.467.